The maximum Gasteiger partial charge on any atom is 0.410 e. The number of likely N-dealkylation sites (tertiary alicyclic amines) is 1. The van der Waals surface area contributed by atoms with Crippen molar-refractivity contribution in [3.05, 3.63) is 11.7 Å². The van der Waals surface area contributed by atoms with Crippen molar-refractivity contribution in [1.82, 2.24) is 25.3 Å². The number of nitrogens with zero attached hydrogens (tertiary/aromatic N) is 4. The second kappa shape index (κ2) is 11.1. The summed E-state index contributed by atoms with van der Waals surface area (Å²) in [7, 11) is 0. The van der Waals surface area contributed by atoms with Crippen LogP contribution in [-0.4, -0.2) is 69.0 Å². The molecule has 1 aromatic rings. The number of alkyl carbamates (subject to hydrolysis) is 1. The third-order valence-corrected chi connectivity index (χ3v) is 5.51. The van der Waals surface area contributed by atoms with Gasteiger partial charge in [-0.05, 0) is 94.5 Å². The van der Waals surface area contributed by atoms with E-state index in [1.807, 2.05) is 60.3 Å². The lowest BCUT2D eigenvalue weighted by Gasteiger charge is -2.37. The Morgan fingerprint density at radius 1 is 1.11 bits per heavy atom. The van der Waals surface area contributed by atoms with Gasteiger partial charge in [-0.3, -0.25) is 4.90 Å². The van der Waals surface area contributed by atoms with E-state index >= 15 is 0 Å². The Kier molecular flexibility index (Phi) is 9.19. The molecule has 2 amide bonds. The van der Waals surface area contributed by atoms with Crippen LogP contribution in [0.3, 0.4) is 0 Å². The third kappa shape index (κ3) is 9.66. The first-order valence-corrected chi connectivity index (χ1v) is 12.5. The van der Waals surface area contributed by atoms with Gasteiger partial charge in [-0.15, -0.1) is 0 Å². The molecule has 0 bridgehead atoms. The van der Waals surface area contributed by atoms with Crippen LogP contribution in [0.25, 0.3) is 0 Å². The number of hydrogen-bond donors (Lipinski definition) is 1. The van der Waals surface area contributed by atoms with E-state index in [2.05, 4.69) is 20.4 Å². The van der Waals surface area contributed by atoms with Gasteiger partial charge in [0.05, 0.1) is 6.54 Å². The molecule has 2 rings (SSSR count). The van der Waals surface area contributed by atoms with Crippen LogP contribution in [-0.2, 0) is 21.6 Å². The van der Waals surface area contributed by atoms with Gasteiger partial charge in [0, 0.05) is 19.1 Å². The number of amides is 2. The van der Waals surface area contributed by atoms with E-state index in [1.165, 1.54) is 0 Å². The molecule has 1 aliphatic rings. The zero-order chi connectivity index (χ0) is 26.6. The summed E-state index contributed by atoms with van der Waals surface area (Å²) in [4.78, 5) is 33.5. The molecule has 1 N–H and O–H groups in total. The lowest BCUT2D eigenvalue weighted by atomic mass is 9.97. The predicted octanol–water partition coefficient (Wildman–Crippen LogP) is 4.69. The van der Waals surface area contributed by atoms with Gasteiger partial charge in [0.2, 0.25) is 5.89 Å². The number of piperidine rings is 1. The lowest BCUT2D eigenvalue weighted by Crippen LogP contribution is -2.47. The number of carbonyl (C=O) groups excluding carboxylic acids is 2. The zero-order valence-electron chi connectivity index (χ0n) is 23.2. The van der Waals surface area contributed by atoms with Gasteiger partial charge in [-0.1, -0.05) is 5.16 Å². The van der Waals surface area contributed by atoms with Crippen molar-refractivity contribution in [2.75, 3.05) is 19.6 Å². The Morgan fingerprint density at radius 3 is 2.31 bits per heavy atom. The fourth-order valence-electron chi connectivity index (χ4n) is 3.92. The fourth-order valence-corrected chi connectivity index (χ4v) is 3.92. The third-order valence-electron chi connectivity index (χ3n) is 5.51. The molecule has 1 unspecified atom stereocenters. The van der Waals surface area contributed by atoms with Crippen LogP contribution in [0.2, 0.25) is 0 Å². The van der Waals surface area contributed by atoms with Crippen LogP contribution in [0, 0.1) is 5.92 Å². The summed E-state index contributed by atoms with van der Waals surface area (Å²) in [6.45, 7) is 21.6. The molecular formula is C25H45N5O5. The molecule has 1 atom stereocenters. The molecule has 0 aromatic carbocycles. The highest BCUT2D eigenvalue weighted by Crippen LogP contribution is 2.23. The molecule has 35 heavy (non-hydrogen) atoms. The maximum absolute atomic E-state index is 12.7. The topological polar surface area (TPSA) is 110 Å². The predicted molar refractivity (Wildman–Crippen MR) is 133 cm³/mol. The second-order valence-corrected chi connectivity index (χ2v) is 12.2. The molecule has 1 fully saturated rings. The van der Waals surface area contributed by atoms with E-state index in [-0.39, 0.29) is 12.1 Å². The van der Waals surface area contributed by atoms with Crippen molar-refractivity contribution in [3.8, 4) is 0 Å². The summed E-state index contributed by atoms with van der Waals surface area (Å²) >= 11 is 0. The summed E-state index contributed by atoms with van der Waals surface area (Å²) in [5.41, 5.74) is -1.97. The van der Waals surface area contributed by atoms with Crippen molar-refractivity contribution in [3.63, 3.8) is 0 Å². The van der Waals surface area contributed by atoms with Gasteiger partial charge in [0.1, 0.15) is 16.7 Å². The minimum atomic E-state index is -0.848. The van der Waals surface area contributed by atoms with Crippen molar-refractivity contribution >= 4 is 12.2 Å². The number of carbonyl (C=O) groups is 2. The zero-order valence-corrected chi connectivity index (χ0v) is 23.2. The van der Waals surface area contributed by atoms with Crippen LogP contribution >= 0.6 is 0 Å². The summed E-state index contributed by atoms with van der Waals surface area (Å²) in [5, 5.41) is 6.90. The SMILES string of the molecule is CC(C)N(CC1CCCN(Cc2nc(C(C)(C)NC(=O)OC(C)(C)C)no2)C1)C(=O)OC(C)(C)C. The molecule has 1 aromatic heterocycles. The van der Waals surface area contributed by atoms with Gasteiger partial charge in [0.15, 0.2) is 5.82 Å². The van der Waals surface area contributed by atoms with E-state index in [0.717, 1.165) is 25.9 Å². The largest absolute Gasteiger partial charge is 0.444 e. The quantitative estimate of drug-likeness (QED) is 0.580. The standard InChI is InChI=1S/C25H45N5O5/c1-17(2)30(22(32)34-24(6,7)8)15-18-12-11-13-29(14-18)16-19-26-20(28-35-19)25(9,10)27-21(31)33-23(3,4)5/h17-18H,11-16H2,1-10H3,(H,27,31). The normalized spacial score (nSPS) is 17.9. The number of rotatable bonds is 7. The second-order valence-electron chi connectivity index (χ2n) is 12.2. The number of hydrogen-bond acceptors (Lipinski definition) is 8. The molecule has 2 heterocycles. The minimum Gasteiger partial charge on any atom is -0.444 e. The van der Waals surface area contributed by atoms with Crippen LogP contribution in [0.4, 0.5) is 9.59 Å². The fraction of sp³-hybridized carbons (Fsp3) is 0.840. The molecule has 200 valence electrons. The van der Waals surface area contributed by atoms with Gasteiger partial charge in [-0.2, -0.15) is 4.98 Å². The Hall–Kier alpha value is -2.36. The monoisotopic (exact) mass is 495 g/mol. The smallest absolute Gasteiger partial charge is 0.410 e. The van der Waals surface area contributed by atoms with Crippen molar-refractivity contribution in [2.24, 2.45) is 5.92 Å². The highest BCUT2D eigenvalue weighted by atomic mass is 16.6. The van der Waals surface area contributed by atoms with E-state index in [4.69, 9.17) is 14.0 Å². The first-order chi connectivity index (χ1) is 15.9. The first-order valence-electron chi connectivity index (χ1n) is 12.5. The summed E-state index contributed by atoms with van der Waals surface area (Å²) < 4.78 is 16.5. The highest BCUT2D eigenvalue weighted by Gasteiger charge is 2.32. The average molecular weight is 496 g/mol. The van der Waals surface area contributed by atoms with Crippen LogP contribution in [0.1, 0.15) is 93.8 Å². The molecule has 0 aliphatic carbocycles. The molecule has 0 radical (unpaired) electrons. The molecule has 0 spiro atoms. The molecule has 1 saturated heterocycles. The molecule has 0 saturated carbocycles. The number of nitrogens with one attached hydrogen (secondary N) is 1. The average Bonchev–Trinajstić information content (AvgIpc) is 3.12. The van der Waals surface area contributed by atoms with Crippen molar-refractivity contribution < 1.29 is 23.6 Å². The van der Waals surface area contributed by atoms with Crippen LogP contribution in [0.15, 0.2) is 4.52 Å². The molecule has 1 aliphatic heterocycles. The molecule has 10 nitrogen and oxygen atoms in total. The summed E-state index contributed by atoms with van der Waals surface area (Å²) in [6.07, 6.45) is 1.26. The Morgan fingerprint density at radius 2 is 1.74 bits per heavy atom. The summed E-state index contributed by atoms with van der Waals surface area (Å²) in [5.74, 6) is 1.21. The summed E-state index contributed by atoms with van der Waals surface area (Å²) in [6, 6.07) is 0.0541. The van der Waals surface area contributed by atoms with Crippen molar-refractivity contribution in [2.45, 2.75) is 111 Å². The van der Waals surface area contributed by atoms with E-state index < -0.39 is 22.8 Å². The van der Waals surface area contributed by atoms with Crippen LogP contribution in [0.5, 0.6) is 0 Å². The highest BCUT2D eigenvalue weighted by molar-refractivity contribution is 5.69. The van der Waals surface area contributed by atoms with Gasteiger partial charge >= 0.3 is 12.2 Å². The van der Waals surface area contributed by atoms with E-state index in [1.54, 1.807) is 13.8 Å². The Bertz CT molecular complexity index is 853. The van der Waals surface area contributed by atoms with E-state index in [0.29, 0.717) is 30.7 Å². The number of ether oxygens (including phenoxy) is 2. The van der Waals surface area contributed by atoms with Crippen molar-refractivity contribution in [1.29, 1.82) is 0 Å². The van der Waals surface area contributed by atoms with Gasteiger partial charge < -0.3 is 24.2 Å². The minimum absolute atomic E-state index is 0.0541. The molecule has 10 heteroatoms. The first kappa shape index (κ1) is 28.9. The maximum atomic E-state index is 12.7. The lowest BCUT2D eigenvalue weighted by molar-refractivity contribution is 0.0114. The van der Waals surface area contributed by atoms with Crippen LogP contribution < -0.4 is 5.32 Å². The Balaban J connectivity index is 1.97. The van der Waals surface area contributed by atoms with E-state index in [9.17, 15) is 9.59 Å². The Labute approximate surface area is 210 Å². The molecular weight excluding hydrogens is 450 g/mol. The van der Waals surface area contributed by atoms with Gasteiger partial charge in [0.25, 0.3) is 0 Å². The van der Waals surface area contributed by atoms with Gasteiger partial charge in [-0.25, -0.2) is 9.59 Å². The number of aromatic nitrogens is 2.